The fourth-order valence-electron chi connectivity index (χ4n) is 5.01. The third kappa shape index (κ3) is 3.49. The standard InChI is InChI=1S/C24H27N3O4/c1-15(29)27-20-13-26-19(22(27)21(18(20)14-28)24(31)25(2)3)12-11-17(23(26)30)10-9-16-7-5-4-6-8-16/h4-12,18,20-22,28H,13-14H2,1-3H3/b10-9+/t18-,20-,21+,22+/m0/s1. The van der Waals surface area contributed by atoms with Gasteiger partial charge < -0.3 is 19.5 Å². The van der Waals surface area contributed by atoms with Crippen molar-refractivity contribution in [2.24, 2.45) is 11.8 Å². The summed E-state index contributed by atoms with van der Waals surface area (Å²) in [5.41, 5.74) is 2.02. The van der Waals surface area contributed by atoms with Crippen LogP contribution in [-0.4, -0.2) is 58.0 Å². The van der Waals surface area contributed by atoms with E-state index in [1.54, 1.807) is 35.7 Å². The molecule has 2 aliphatic heterocycles. The lowest BCUT2D eigenvalue weighted by Gasteiger charge is -2.37. The zero-order valence-corrected chi connectivity index (χ0v) is 17.9. The van der Waals surface area contributed by atoms with Crippen LogP contribution in [-0.2, 0) is 16.1 Å². The van der Waals surface area contributed by atoms with Gasteiger partial charge in [-0.3, -0.25) is 14.4 Å². The number of nitrogens with zero attached hydrogens (tertiary/aromatic N) is 3. The zero-order valence-electron chi connectivity index (χ0n) is 17.9. The molecule has 2 bridgehead atoms. The van der Waals surface area contributed by atoms with E-state index < -0.39 is 23.9 Å². The highest BCUT2D eigenvalue weighted by atomic mass is 16.3. The van der Waals surface area contributed by atoms with E-state index >= 15 is 0 Å². The first-order valence-electron chi connectivity index (χ1n) is 10.4. The van der Waals surface area contributed by atoms with Crippen LogP contribution in [0.1, 0.15) is 29.8 Å². The summed E-state index contributed by atoms with van der Waals surface area (Å²) in [4.78, 5) is 42.0. The van der Waals surface area contributed by atoms with Crippen LogP contribution in [0, 0.1) is 11.8 Å². The van der Waals surface area contributed by atoms with Crippen molar-refractivity contribution in [3.8, 4) is 0 Å². The molecule has 1 fully saturated rings. The summed E-state index contributed by atoms with van der Waals surface area (Å²) < 4.78 is 1.67. The molecule has 0 aliphatic carbocycles. The summed E-state index contributed by atoms with van der Waals surface area (Å²) in [6.45, 7) is 1.51. The average molecular weight is 421 g/mol. The number of aliphatic hydroxyl groups excluding tert-OH is 1. The Hall–Kier alpha value is -3.19. The van der Waals surface area contributed by atoms with Crippen LogP contribution in [0.3, 0.4) is 0 Å². The van der Waals surface area contributed by atoms with E-state index in [2.05, 4.69) is 0 Å². The van der Waals surface area contributed by atoms with Gasteiger partial charge >= 0.3 is 0 Å². The molecule has 0 radical (unpaired) electrons. The largest absolute Gasteiger partial charge is 0.396 e. The highest BCUT2D eigenvalue weighted by molar-refractivity contribution is 5.83. The van der Waals surface area contributed by atoms with Gasteiger partial charge in [-0.15, -0.1) is 0 Å². The monoisotopic (exact) mass is 421 g/mol. The van der Waals surface area contributed by atoms with Gasteiger partial charge in [-0.1, -0.05) is 36.4 Å². The van der Waals surface area contributed by atoms with Crippen molar-refractivity contribution in [2.45, 2.75) is 25.6 Å². The Morgan fingerprint density at radius 2 is 1.84 bits per heavy atom. The molecule has 4 atom stereocenters. The maximum Gasteiger partial charge on any atom is 0.258 e. The first-order valence-corrected chi connectivity index (χ1v) is 10.4. The Kier molecular flexibility index (Phi) is 5.54. The lowest BCUT2D eigenvalue weighted by atomic mass is 9.86. The van der Waals surface area contributed by atoms with Gasteiger partial charge in [0.05, 0.1) is 18.0 Å². The molecule has 2 aliphatic rings. The van der Waals surface area contributed by atoms with Crippen molar-refractivity contribution in [3.05, 3.63) is 69.6 Å². The second-order valence-corrected chi connectivity index (χ2v) is 8.42. The van der Waals surface area contributed by atoms with E-state index in [-0.39, 0.29) is 30.5 Å². The van der Waals surface area contributed by atoms with E-state index in [4.69, 9.17) is 0 Å². The fraction of sp³-hybridized carbons (Fsp3) is 0.375. The molecule has 1 aromatic carbocycles. The maximum absolute atomic E-state index is 13.3. The molecule has 1 aromatic heterocycles. The number of aliphatic hydroxyl groups is 1. The Bertz CT molecular complexity index is 1090. The van der Waals surface area contributed by atoms with Crippen LogP contribution in [0.15, 0.2) is 47.3 Å². The number of hydrogen-bond donors (Lipinski definition) is 1. The van der Waals surface area contributed by atoms with Gasteiger partial charge in [0.15, 0.2) is 0 Å². The van der Waals surface area contributed by atoms with Gasteiger partial charge in [-0.2, -0.15) is 0 Å². The SMILES string of the molecule is CC(=O)N1[C@@H]2c3ccc(/C=C/c4ccccc4)c(=O)n3C[C@H]1[C@H](CO)[C@H]2C(=O)N(C)C. The molecule has 0 spiro atoms. The van der Waals surface area contributed by atoms with Gasteiger partial charge in [0.2, 0.25) is 11.8 Å². The van der Waals surface area contributed by atoms with Crippen molar-refractivity contribution in [1.82, 2.24) is 14.4 Å². The van der Waals surface area contributed by atoms with Crippen LogP contribution < -0.4 is 5.56 Å². The summed E-state index contributed by atoms with van der Waals surface area (Å²) >= 11 is 0. The fourth-order valence-corrected chi connectivity index (χ4v) is 5.01. The van der Waals surface area contributed by atoms with Crippen molar-refractivity contribution in [3.63, 3.8) is 0 Å². The van der Waals surface area contributed by atoms with E-state index in [0.717, 1.165) is 5.56 Å². The minimum atomic E-state index is -0.590. The number of aromatic nitrogens is 1. The van der Waals surface area contributed by atoms with Gasteiger partial charge in [-0.25, -0.2) is 0 Å². The highest BCUT2D eigenvalue weighted by Gasteiger charge is 2.57. The third-order valence-corrected chi connectivity index (χ3v) is 6.42. The number of rotatable bonds is 4. The first kappa shape index (κ1) is 21.1. The number of carbonyl (C=O) groups excluding carboxylic acids is 2. The van der Waals surface area contributed by atoms with E-state index in [1.807, 2.05) is 42.5 Å². The number of hydrogen-bond acceptors (Lipinski definition) is 4. The second kappa shape index (κ2) is 8.15. The van der Waals surface area contributed by atoms with E-state index in [1.165, 1.54) is 11.8 Å². The van der Waals surface area contributed by atoms with Crippen LogP contribution in [0.5, 0.6) is 0 Å². The van der Waals surface area contributed by atoms with Crippen LogP contribution >= 0.6 is 0 Å². The Morgan fingerprint density at radius 3 is 2.45 bits per heavy atom. The molecule has 3 heterocycles. The second-order valence-electron chi connectivity index (χ2n) is 8.42. The quantitative estimate of drug-likeness (QED) is 0.813. The normalized spacial score (nSPS) is 24.3. The Labute approximate surface area is 181 Å². The van der Waals surface area contributed by atoms with Crippen molar-refractivity contribution < 1.29 is 14.7 Å². The number of amides is 2. The van der Waals surface area contributed by atoms with E-state index in [0.29, 0.717) is 11.3 Å². The molecule has 31 heavy (non-hydrogen) atoms. The smallest absolute Gasteiger partial charge is 0.258 e. The number of fused-ring (bicyclic) bond motifs is 4. The molecule has 0 unspecified atom stereocenters. The molecule has 2 amide bonds. The molecular formula is C24H27N3O4. The summed E-state index contributed by atoms with van der Waals surface area (Å²) in [6.07, 6.45) is 3.67. The van der Waals surface area contributed by atoms with E-state index in [9.17, 15) is 19.5 Å². The first-order chi connectivity index (χ1) is 14.8. The molecule has 7 heteroatoms. The molecule has 0 saturated carbocycles. The Balaban J connectivity index is 1.80. The van der Waals surface area contributed by atoms with Gasteiger partial charge in [-0.05, 0) is 23.8 Å². The van der Waals surface area contributed by atoms with Crippen LogP contribution in [0.4, 0.5) is 0 Å². The molecular weight excluding hydrogens is 394 g/mol. The number of carbonyl (C=O) groups is 2. The molecule has 7 nitrogen and oxygen atoms in total. The van der Waals surface area contributed by atoms with Gasteiger partial charge in [0.1, 0.15) is 0 Å². The van der Waals surface area contributed by atoms with Crippen LogP contribution in [0.2, 0.25) is 0 Å². The molecule has 2 aromatic rings. The van der Waals surface area contributed by atoms with Gasteiger partial charge in [0.25, 0.3) is 5.56 Å². The minimum Gasteiger partial charge on any atom is -0.396 e. The Morgan fingerprint density at radius 1 is 1.13 bits per heavy atom. The minimum absolute atomic E-state index is 0.147. The predicted octanol–water partition coefficient (Wildman–Crippen LogP) is 1.62. The van der Waals surface area contributed by atoms with Crippen molar-refractivity contribution in [1.29, 1.82) is 0 Å². The predicted molar refractivity (Wildman–Crippen MR) is 118 cm³/mol. The molecule has 1 saturated heterocycles. The summed E-state index contributed by atoms with van der Waals surface area (Å²) in [6, 6.07) is 12.3. The molecule has 4 rings (SSSR count). The third-order valence-electron chi connectivity index (χ3n) is 6.42. The molecule has 162 valence electrons. The number of pyridine rings is 1. The topological polar surface area (TPSA) is 82.9 Å². The van der Waals surface area contributed by atoms with Crippen LogP contribution in [0.25, 0.3) is 12.2 Å². The van der Waals surface area contributed by atoms with Gasteiger partial charge in [0, 0.05) is 51.3 Å². The summed E-state index contributed by atoms with van der Waals surface area (Å²) in [5.74, 6) is -1.32. The number of benzene rings is 1. The summed E-state index contributed by atoms with van der Waals surface area (Å²) in [7, 11) is 3.34. The summed E-state index contributed by atoms with van der Waals surface area (Å²) in [5, 5.41) is 10.1. The van der Waals surface area contributed by atoms with Crippen molar-refractivity contribution >= 4 is 24.0 Å². The molecule has 1 N–H and O–H groups in total. The highest BCUT2D eigenvalue weighted by Crippen LogP contribution is 2.48. The average Bonchev–Trinajstić information content (AvgIpc) is 3.00. The maximum atomic E-state index is 13.3. The lowest BCUT2D eigenvalue weighted by Crippen LogP contribution is -2.48. The van der Waals surface area contributed by atoms with Crippen molar-refractivity contribution in [2.75, 3.05) is 20.7 Å². The zero-order chi connectivity index (χ0) is 22.3. The lowest BCUT2D eigenvalue weighted by molar-refractivity contribution is -0.137.